The number of halogens is 1. The Hall–Kier alpha value is -1.87. The lowest BCUT2D eigenvalue weighted by molar-refractivity contribution is 0.943. The molecule has 2 heterocycles. The second-order valence-electron chi connectivity index (χ2n) is 3.45. The molecule has 1 aromatic carbocycles. The van der Waals surface area contributed by atoms with Gasteiger partial charge in [-0.15, -0.1) is 0 Å². The van der Waals surface area contributed by atoms with Crippen LogP contribution in [0.4, 0.5) is 0 Å². The molecular weight excluding hydrogens is 222 g/mol. The molecule has 0 saturated heterocycles. The molecule has 0 saturated carbocycles. The van der Waals surface area contributed by atoms with Crippen LogP contribution in [0.5, 0.6) is 0 Å². The molecular formula is C12H8ClN3. The van der Waals surface area contributed by atoms with Crippen molar-refractivity contribution in [3.63, 3.8) is 0 Å². The summed E-state index contributed by atoms with van der Waals surface area (Å²) in [7, 11) is 0. The molecule has 0 N–H and O–H groups in total. The number of nitrogens with zero attached hydrogens (tertiary/aromatic N) is 3. The number of benzene rings is 1. The fourth-order valence-corrected chi connectivity index (χ4v) is 1.86. The quantitative estimate of drug-likeness (QED) is 0.642. The maximum Gasteiger partial charge on any atom is 0.154 e. The van der Waals surface area contributed by atoms with E-state index >= 15 is 0 Å². The van der Waals surface area contributed by atoms with E-state index in [9.17, 15) is 0 Å². The van der Waals surface area contributed by atoms with Gasteiger partial charge in [-0.1, -0.05) is 23.7 Å². The Morgan fingerprint density at radius 1 is 1.12 bits per heavy atom. The average molecular weight is 230 g/mol. The summed E-state index contributed by atoms with van der Waals surface area (Å²) in [6.45, 7) is 0. The second-order valence-corrected chi connectivity index (χ2v) is 3.88. The molecule has 3 aromatic rings. The summed E-state index contributed by atoms with van der Waals surface area (Å²) in [5.74, 6) is 0. The van der Waals surface area contributed by atoms with Crippen LogP contribution >= 0.6 is 11.6 Å². The summed E-state index contributed by atoms with van der Waals surface area (Å²) >= 11 is 5.96. The van der Waals surface area contributed by atoms with Crippen molar-refractivity contribution in [3.05, 3.63) is 53.8 Å². The molecule has 78 valence electrons. The maximum absolute atomic E-state index is 5.96. The van der Waals surface area contributed by atoms with Crippen LogP contribution in [0.25, 0.3) is 16.9 Å². The Morgan fingerprint density at radius 2 is 2.06 bits per heavy atom. The van der Waals surface area contributed by atoms with Gasteiger partial charge < -0.3 is 0 Å². The van der Waals surface area contributed by atoms with Crippen LogP contribution in [0.15, 0.2) is 48.8 Å². The zero-order valence-electron chi connectivity index (χ0n) is 8.34. The minimum atomic E-state index is 0.711. The smallest absolute Gasteiger partial charge is 0.154 e. The first-order valence-electron chi connectivity index (χ1n) is 4.89. The molecule has 0 aliphatic rings. The summed E-state index contributed by atoms with van der Waals surface area (Å²) in [4.78, 5) is 4.28. The molecule has 0 unspecified atom stereocenters. The monoisotopic (exact) mass is 229 g/mol. The van der Waals surface area contributed by atoms with Gasteiger partial charge in [-0.25, -0.2) is 9.50 Å². The SMILES string of the molecule is Clc1cccc(-c2cnc3cccnn23)c1. The minimum absolute atomic E-state index is 0.711. The van der Waals surface area contributed by atoms with E-state index in [4.69, 9.17) is 11.6 Å². The number of hydrogen-bond acceptors (Lipinski definition) is 2. The highest BCUT2D eigenvalue weighted by molar-refractivity contribution is 6.30. The first-order chi connectivity index (χ1) is 7.84. The van der Waals surface area contributed by atoms with E-state index in [1.165, 1.54) is 0 Å². The average Bonchev–Trinajstić information content (AvgIpc) is 2.72. The summed E-state index contributed by atoms with van der Waals surface area (Å²) in [5, 5.41) is 4.97. The highest BCUT2D eigenvalue weighted by Crippen LogP contribution is 2.22. The molecule has 16 heavy (non-hydrogen) atoms. The maximum atomic E-state index is 5.96. The van der Waals surface area contributed by atoms with Crippen molar-refractivity contribution < 1.29 is 0 Å². The van der Waals surface area contributed by atoms with Crippen LogP contribution in [0, 0.1) is 0 Å². The van der Waals surface area contributed by atoms with Crippen LogP contribution < -0.4 is 0 Å². The Bertz CT molecular complexity index is 645. The standard InChI is InChI=1S/C12H8ClN3/c13-10-4-1-3-9(7-10)11-8-14-12-5-2-6-15-16(11)12/h1-8H. The van der Waals surface area contributed by atoms with Crippen molar-refractivity contribution in [2.24, 2.45) is 0 Å². The predicted molar refractivity (Wildman–Crippen MR) is 63.4 cm³/mol. The third-order valence-electron chi connectivity index (χ3n) is 2.40. The van der Waals surface area contributed by atoms with Crippen LogP contribution in [-0.2, 0) is 0 Å². The largest absolute Gasteiger partial charge is 0.235 e. The Labute approximate surface area is 97.3 Å². The van der Waals surface area contributed by atoms with Gasteiger partial charge in [-0.2, -0.15) is 5.10 Å². The summed E-state index contributed by atoms with van der Waals surface area (Å²) < 4.78 is 1.80. The van der Waals surface area contributed by atoms with Crippen LogP contribution in [0.3, 0.4) is 0 Å². The van der Waals surface area contributed by atoms with Crippen molar-refractivity contribution >= 4 is 17.2 Å². The van der Waals surface area contributed by atoms with Gasteiger partial charge in [0.25, 0.3) is 0 Å². The van der Waals surface area contributed by atoms with Gasteiger partial charge in [0.05, 0.1) is 11.9 Å². The van der Waals surface area contributed by atoms with Crippen LogP contribution in [0.2, 0.25) is 5.02 Å². The van der Waals surface area contributed by atoms with Gasteiger partial charge in [0.15, 0.2) is 5.65 Å². The lowest BCUT2D eigenvalue weighted by Gasteiger charge is -2.00. The highest BCUT2D eigenvalue weighted by atomic mass is 35.5. The van der Waals surface area contributed by atoms with Crippen LogP contribution in [-0.4, -0.2) is 14.6 Å². The molecule has 3 nitrogen and oxygen atoms in total. The Kier molecular flexibility index (Phi) is 2.11. The molecule has 0 aliphatic carbocycles. The molecule has 0 fully saturated rings. The van der Waals surface area contributed by atoms with Crippen LogP contribution in [0.1, 0.15) is 0 Å². The van der Waals surface area contributed by atoms with Crippen molar-refractivity contribution in [1.82, 2.24) is 14.6 Å². The number of imidazole rings is 1. The van der Waals surface area contributed by atoms with E-state index in [-0.39, 0.29) is 0 Å². The highest BCUT2D eigenvalue weighted by Gasteiger charge is 2.05. The second kappa shape index (κ2) is 3.61. The molecule has 4 heteroatoms. The lowest BCUT2D eigenvalue weighted by Crippen LogP contribution is -1.92. The van der Waals surface area contributed by atoms with Crippen molar-refractivity contribution in [2.75, 3.05) is 0 Å². The van der Waals surface area contributed by atoms with Gasteiger partial charge in [-0.3, -0.25) is 0 Å². The van der Waals surface area contributed by atoms with E-state index in [0.29, 0.717) is 5.02 Å². The zero-order chi connectivity index (χ0) is 11.0. The fraction of sp³-hybridized carbons (Fsp3) is 0. The number of rotatable bonds is 1. The van der Waals surface area contributed by atoms with Gasteiger partial charge >= 0.3 is 0 Å². The third-order valence-corrected chi connectivity index (χ3v) is 2.63. The molecule has 2 aromatic heterocycles. The summed E-state index contributed by atoms with van der Waals surface area (Å²) in [6.07, 6.45) is 3.54. The molecule has 0 atom stereocenters. The predicted octanol–water partition coefficient (Wildman–Crippen LogP) is 3.05. The topological polar surface area (TPSA) is 30.2 Å². The van der Waals surface area contributed by atoms with E-state index in [2.05, 4.69) is 10.1 Å². The van der Waals surface area contributed by atoms with E-state index in [1.54, 1.807) is 16.9 Å². The summed E-state index contributed by atoms with van der Waals surface area (Å²) in [5.41, 5.74) is 2.79. The third kappa shape index (κ3) is 1.46. The number of aromatic nitrogens is 3. The van der Waals surface area contributed by atoms with Gasteiger partial charge in [0, 0.05) is 16.8 Å². The van der Waals surface area contributed by atoms with Gasteiger partial charge in [-0.05, 0) is 24.3 Å². The first-order valence-corrected chi connectivity index (χ1v) is 5.27. The minimum Gasteiger partial charge on any atom is -0.235 e. The lowest BCUT2D eigenvalue weighted by atomic mass is 10.2. The van der Waals surface area contributed by atoms with Crippen molar-refractivity contribution in [1.29, 1.82) is 0 Å². The molecule has 0 aliphatic heterocycles. The number of fused-ring (bicyclic) bond motifs is 1. The van der Waals surface area contributed by atoms with Crippen molar-refractivity contribution in [3.8, 4) is 11.3 Å². The van der Waals surface area contributed by atoms with E-state index in [0.717, 1.165) is 16.9 Å². The Morgan fingerprint density at radius 3 is 2.94 bits per heavy atom. The normalized spacial score (nSPS) is 10.8. The number of hydrogen-bond donors (Lipinski definition) is 0. The molecule has 0 spiro atoms. The molecule has 0 bridgehead atoms. The molecule has 0 amide bonds. The molecule has 3 rings (SSSR count). The van der Waals surface area contributed by atoms with Crippen molar-refractivity contribution in [2.45, 2.75) is 0 Å². The van der Waals surface area contributed by atoms with E-state index < -0.39 is 0 Å². The first kappa shape index (κ1) is 9.36. The van der Waals surface area contributed by atoms with Gasteiger partial charge in [0.2, 0.25) is 0 Å². The zero-order valence-corrected chi connectivity index (χ0v) is 9.09. The fourth-order valence-electron chi connectivity index (χ4n) is 1.67. The molecule has 0 radical (unpaired) electrons. The van der Waals surface area contributed by atoms with Gasteiger partial charge in [0.1, 0.15) is 0 Å². The Balaban J connectivity index is 2.26. The summed E-state index contributed by atoms with van der Waals surface area (Å²) in [6, 6.07) is 11.4. The van der Waals surface area contributed by atoms with E-state index in [1.807, 2.05) is 36.4 Å².